The highest BCUT2D eigenvalue weighted by Crippen LogP contribution is 2.17. The number of morpholine rings is 1. The SMILES string of the molecule is O=C(c1n[nH]c(=O)c2ccccc12)N1CCOC(COc2ccccc2)C1. The molecule has 0 radical (unpaired) electrons. The number of hydrogen-bond acceptors (Lipinski definition) is 5. The first kappa shape index (κ1) is 17.2. The summed E-state index contributed by atoms with van der Waals surface area (Å²) in [6.07, 6.45) is -0.225. The first-order valence-electron chi connectivity index (χ1n) is 8.78. The Kier molecular flexibility index (Phi) is 4.84. The largest absolute Gasteiger partial charge is 0.491 e. The molecule has 138 valence electrons. The quantitative estimate of drug-likeness (QED) is 0.763. The zero-order valence-corrected chi connectivity index (χ0v) is 14.6. The lowest BCUT2D eigenvalue weighted by Crippen LogP contribution is -2.48. The summed E-state index contributed by atoms with van der Waals surface area (Å²) >= 11 is 0. The number of para-hydroxylation sites is 1. The molecule has 1 N–H and O–H groups in total. The number of rotatable bonds is 4. The Bertz CT molecular complexity index is 1000. The van der Waals surface area contributed by atoms with Gasteiger partial charge in [-0.25, -0.2) is 5.10 Å². The normalized spacial score (nSPS) is 17.0. The Morgan fingerprint density at radius 3 is 2.70 bits per heavy atom. The van der Waals surface area contributed by atoms with E-state index in [-0.39, 0.29) is 23.3 Å². The summed E-state index contributed by atoms with van der Waals surface area (Å²) in [5.74, 6) is 0.535. The Balaban J connectivity index is 1.49. The van der Waals surface area contributed by atoms with E-state index >= 15 is 0 Å². The molecule has 1 saturated heterocycles. The molecule has 4 rings (SSSR count). The van der Waals surface area contributed by atoms with Gasteiger partial charge in [0, 0.05) is 11.9 Å². The molecule has 1 aliphatic rings. The van der Waals surface area contributed by atoms with Crippen LogP contribution in [0.15, 0.2) is 59.4 Å². The van der Waals surface area contributed by atoms with Gasteiger partial charge in [0.05, 0.1) is 18.5 Å². The second-order valence-electron chi connectivity index (χ2n) is 6.31. The zero-order valence-electron chi connectivity index (χ0n) is 14.6. The highest BCUT2D eigenvalue weighted by Gasteiger charge is 2.27. The molecule has 0 saturated carbocycles. The number of ether oxygens (including phenoxy) is 2. The maximum absolute atomic E-state index is 13.0. The van der Waals surface area contributed by atoms with Crippen molar-refractivity contribution in [3.63, 3.8) is 0 Å². The molecular formula is C20H19N3O4. The van der Waals surface area contributed by atoms with Crippen LogP contribution in [-0.2, 0) is 4.74 Å². The fourth-order valence-corrected chi connectivity index (χ4v) is 3.14. The van der Waals surface area contributed by atoms with Crippen LogP contribution in [0.2, 0.25) is 0 Å². The van der Waals surface area contributed by atoms with Gasteiger partial charge in [-0.3, -0.25) is 9.59 Å². The van der Waals surface area contributed by atoms with Crippen LogP contribution in [0.25, 0.3) is 10.8 Å². The number of aromatic nitrogens is 2. The summed E-state index contributed by atoms with van der Waals surface area (Å²) in [4.78, 5) is 26.6. The molecule has 0 bridgehead atoms. The van der Waals surface area contributed by atoms with Crippen LogP contribution >= 0.6 is 0 Å². The number of nitrogens with zero attached hydrogens (tertiary/aromatic N) is 2. The van der Waals surface area contributed by atoms with E-state index in [1.807, 2.05) is 30.3 Å². The third-order valence-electron chi connectivity index (χ3n) is 4.50. The number of carbonyl (C=O) groups excluding carboxylic acids is 1. The molecule has 7 nitrogen and oxygen atoms in total. The summed E-state index contributed by atoms with van der Waals surface area (Å²) in [6, 6.07) is 16.5. The zero-order chi connectivity index (χ0) is 18.6. The molecule has 0 aliphatic carbocycles. The van der Waals surface area contributed by atoms with Crippen LogP contribution in [0.4, 0.5) is 0 Å². The number of carbonyl (C=O) groups is 1. The van der Waals surface area contributed by atoms with E-state index in [2.05, 4.69) is 10.2 Å². The average Bonchev–Trinajstić information content (AvgIpc) is 2.73. The average molecular weight is 365 g/mol. The van der Waals surface area contributed by atoms with Crippen LogP contribution in [0, 0.1) is 0 Å². The van der Waals surface area contributed by atoms with Crippen LogP contribution in [-0.4, -0.2) is 53.4 Å². The maximum atomic E-state index is 13.0. The van der Waals surface area contributed by atoms with Gasteiger partial charge in [-0.15, -0.1) is 0 Å². The predicted octanol–water partition coefficient (Wildman–Crippen LogP) is 1.84. The second-order valence-corrected chi connectivity index (χ2v) is 6.31. The van der Waals surface area contributed by atoms with Crippen molar-refractivity contribution in [3.8, 4) is 5.75 Å². The van der Waals surface area contributed by atoms with Crippen molar-refractivity contribution in [2.24, 2.45) is 0 Å². The maximum Gasteiger partial charge on any atom is 0.275 e. The van der Waals surface area contributed by atoms with Gasteiger partial charge < -0.3 is 14.4 Å². The molecular weight excluding hydrogens is 346 g/mol. The van der Waals surface area contributed by atoms with E-state index in [0.29, 0.717) is 37.1 Å². The fraction of sp³-hybridized carbons (Fsp3) is 0.250. The molecule has 1 unspecified atom stereocenters. The topological polar surface area (TPSA) is 84.5 Å². The van der Waals surface area contributed by atoms with Gasteiger partial charge in [0.2, 0.25) is 0 Å². The summed E-state index contributed by atoms with van der Waals surface area (Å²) < 4.78 is 11.5. The molecule has 1 amide bonds. The molecule has 27 heavy (non-hydrogen) atoms. The highest BCUT2D eigenvalue weighted by molar-refractivity contribution is 6.04. The monoisotopic (exact) mass is 365 g/mol. The van der Waals surface area contributed by atoms with Gasteiger partial charge in [0.15, 0.2) is 5.69 Å². The van der Waals surface area contributed by atoms with Gasteiger partial charge >= 0.3 is 0 Å². The summed E-state index contributed by atoms with van der Waals surface area (Å²) in [6.45, 7) is 1.65. The Morgan fingerprint density at radius 2 is 1.89 bits per heavy atom. The number of H-pyrrole nitrogens is 1. The molecule has 2 aromatic carbocycles. The molecule has 1 atom stereocenters. The number of hydrogen-bond donors (Lipinski definition) is 1. The van der Waals surface area contributed by atoms with E-state index in [1.54, 1.807) is 29.2 Å². The van der Waals surface area contributed by atoms with Crippen molar-refractivity contribution < 1.29 is 14.3 Å². The van der Waals surface area contributed by atoms with E-state index in [1.165, 1.54) is 0 Å². The van der Waals surface area contributed by atoms with Crippen molar-refractivity contribution in [3.05, 3.63) is 70.6 Å². The minimum absolute atomic E-state index is 0.225. The highest BCUT2D eigenvalue weighted by atomic mass is 16.5. The lowest BCUT2D eigenvalue weighted by molar-refractivity contribution is -0.0402. The van der Waals surface area contributed by atoms with Crippen LogP contribution in [0.5, 0.6) is 5.75 Å². The summed E-state index contributed by atoms with van der Waals surface area (Å²) in [7, 11) is 0. The Morgan fingerprint density at radius 1 is 1.15 bits per heavy atom. The number of nitrogens with one attached hydrogen (secondary N) is 1. The molecule has 1 aromatic heterocycles. The summed E-state index contributed by atoms with van der Waals surface area (Å²) in [5.41, 5.74) is -0.0620. The minimum Gasteiger partial charge on any atom is -0.491 e. The van der Waals surface area contributed by atoms with Crippen molar-refractivity contribution in [2.75, 3.05) is 26.3 Å². The summed E-state index contributed by atoms with van der Waals surface area (Å²) in [5, 5.41) is 7.41. The van der Waals surface area contributed by atoms with E-state index < -0.39 is 0 Å². The van der Waals surface area contributed by atoms with E-state index in [4.69, 9.17) is 9.47 Å². The van der Waals surface area contributed by atoms with Crippen LogP contribution < -0.4 is 10.3 Å². The van der Waals surface area contributed by atoms with Crippen LogP contribution in [0.1, 0.15) is 10.5 Å². The molecule has 0 spiro atoms. The molecule has 1 fully saturated rings. The molecule has 2 heterocycles. The molecule has 3 aromatic rings. The van der Waals surface area contributed by atoms with E-state index in [0.717, 1.165) is 5.75 Å². The Hall–Kier alpha value is -3.19. The van der Waals surface area contributed by atoms with E-state index in [9.17, 15) is 9.59 Å². The fourth-order valence-electron chi connectivity index (χ4n) is 3.14. The number of aromatic amines is 1. The third-order valence-corrected chi connectivity index (χ3v) is 4.50. The minimum atomic E-state index is -0.307. The smallest absolute Gasteiger partial charge is 0.275 e. The van der Waals surface area contributed by atoms with Gasteiger partial charge in [0.25, 0.3) is 11.5 Å². The van der Waals surface area contributed by atoms with Crippen molar-refractivity contribution in [1.29, 1.82) is 0 Å². The Labute approximate surface area is 155 Å². The first-order valence-corrected chi connectivity index (χ1v) is 8.78. The van der Waals surface area contributed by atoms with Gasteiger partial charge in [-0.05, 0) is 18.2 Å². The molecule has 1 aliphatic heterocycles. The van der Waals surface area contributed by atoms with Gasteiger partial charge in [-0.1, -0.05) is 36.4 Å². The van der Waals surface area contributed by atoms with Crippen molar-refractivity contribution >= 4 is 16.7 Å². The number of benzene rings is 2. The van der Waals surface area contributed by atoms with Gasteiger partial charge in [0.1, 0.15) is 18.5 Å². The lowest BCUT2D eigenvalue weighted by atomic mass is 10.1. The first-order chi connectivity index (χ1) is 13.2. The number of fused-ring (bicyclic) bond motifs is 1. The standard InChI is InChI=1S/C20H19N3O4/c24-19-17-9-5-4-8-16(17)18(21-22-19)20(25)23-10-11-26-15(12-23)13-27-14-6-2-1-3-7-14/h1-9,15H,10-13H2,(H,22,24). The molecule has 7 heteroatoms. The van der Waals surface area contributed by atoms with Gasteiger partial charge in [-0.2, -0.15) is 5.10 Å². The van der Waals surface area contributed by atoms with Crippen LogP contribution in [0.3, 0.4) is 0 Å². The van der Waals surface area contributed by atoms with Crippen molar-refractivity contribution in [2.45, 2.75) is 6.10 Å². The number of amides is 1. The second kappa shape index (κ2) is 7.59. The van der Waals surface area contributed by atoms with Crippen molar-refractivity contribution in [1.82, 2.24) is 15.1 Å². The lowest BCUT2D eigenvalue weighted by Gasteiger charge is -2.32. The predicted molar refractivity (Wildman–Crippen MR) is 99.9 cm³/mol. The third kappa shape index (κ3) is 3.68.